The monoisotopic (exact) mass is 1000 g/mol. The van der Waals surface area contributed by atoms with Crippen LogP contribution in [0.5, 0.6) is 5.88 Å². The average Bonchev–Trinajstić information content (AvgIpc) is 3.51. The number of alkyl carbamates (subject to hydrolysis) is 1. The number of amides is 1. The number of ether oxygens (including phenoxy) is 3. The molecular weight excluding hydrogens is 928 g/mol. The Morgan fingerprint density at radius 3 is 1.87 bits per heavy atom. The quantitative estimate of drug-likeness (QED) is 0.0485. The van der Waals surface area contributed by atoms with E-state index in [1.165, 1.54) is 73.4 Å². The van der Waals surface area contributed by atoms with Gasteiger partial charge in [0.15, 0.2) is 0 Å². The van der Waals surface area contributed by atoms with Crippen molar-refractivity contribution >= 4 is 40.3 Å². The molecule has 2 aromatic rings. The van der Waals surface area contributed by atoms with Crippen LogP contribution in [0.25, 0.3) is 5.76 Å². The van der Waals surface area contributed by atoms with E-state index in [1.807, 2.05) is 40.0 Å². The third-order valence-corrected chi connectivity index (χ3v) is 26.9. The third kappa shape index (κ3) is 18.2. The van der Waals surface area contributed by atoms with Gasteiger partial charge >= 0.3 is 141 Å². The summed E-state index contributed by atoms with van der Waals surface area (Å²) in [4.78, 5) is 20.2. The molecule has 0 fully saturated rings. The number of nitrogens with two attached hydrogens (primary N) is 1. The van der Waals surface area contributed by atoms with Gasteiger partial charge in [0, 0.05) is 24.5 Å². The predicted molar refractivity (Wildman–Crippen MR) is 245 cm³/mol. The van der Waals surface area contributed by atoms with Crippen molar-refractivity contribution in [3.05, 3.63) is 69.4 Å². The molecule has 2 aliphatic carbocycles. The number of halogens is 3. The molecule has 0 spiro atoms. The maximum atomic E-state index is 12.2. The Labute approximate surface area is 374 Å². The van der Waals surface area contributed by atoms with Crippen LogP contribution in [0.1, 0.15) is 172 Å². The van der Waals surface area contributed by atoms with Gasteiger partial charge in [0.25, 0.3) is 0 Å². The molecule has 2 unspecified atom stereocenters. The summed E-state index contributed by atoms with van der Waals surface area (Å²) in [6.07, 6.45) is 17.9. The summed E-state index contributed by atoms with van der Waals surface area (Å²) < 4.78 is 84.9. The van der Waals surface area contributed by atoms with Crippen molar-refractivity contribution in [2.45, 2.75) is 182 Å². The van der Waals surface area contributed by atoms with Crippen molar-refractivity contribution in [1.82, 2.24) is 15.3 Å². The maximum Gasteiger partial charge on any atom is 0.534 e. The minimum absolute atomic E-state index is 0.0701. The number of alkyl halides is 3. The third-order valence-electron chi connectivity index (χ3n) is 10.9. The van der Waals surface area contributed by atoms with E-state index < -0.39 is 45.5 Å². The molecule has 0 radical (unpaired) electrons. The summed E-state index contributed by atoms with van der Waals surface area (Å²) in [6, 6.07) is 2.93. The van der Waals surface area contributed by atoms with E-state index in [-0.39, 0.29) is 18.2 Å². The molecule has 2 aliphatic rings. The number of carbonyl (C=O) groups is 1. The van der Waals surface area contributed by atoms with Gasteiger partial charge in [-0.25, -0.2) is 9.78 Å². The first-order chi connectivity index (χ1) is 29.2. The number of nitrogens with one attached hydrogen (secondary N) is 1. The number of fused-ring (bicyclic) bond motifs is 2. The van der Waals surface area contributed by atoms with Crippen LogP contribution >= 0.6 is 0 Å². The molecule has 0 saturated heterocycles. The van der Waals surface area contributed by atoms with E-state index in [9.17, 15) is 26.4 Å². The average molecular weight is 1000 g/mol. The second-order valence-corrected chi connectivity index (χ2v) is 31.8. The molecule has 2 atom stereocenters. The van der Waals surface area contributed by atoms with Crippen LogP contribution in [0.3, 0.4) is 0 Å². The predicted octanol–water partition coefficient (Wildman–Crippen LogP) is 12.3. The molecule has 0 aliphatic heterocycles. The van der Waals surface area contributed by atoms with Gasteiger partial charge in [-0.1, -0.05) is 19.4 Å². The summed E-state index contributed by atoms with van der Waals surface area (Å²) in [7, 11) is -5.69. The van der Waals surface area contributed by atoms with Crippen LogP contribution in [-0.4, -0.2) is 67.2 Å². The molecule has 62 heavy (non-hydrogen) atoms. The van der Waals surface area contributed by atoms with Gasteiger partial charge in [-0.05, 0) is 94.5 Å². The van der Waals surface area contributed by atoms with Crippen LogP contribution in [-0.2, 0) is 37.2 Å². The Bertz CT molecular complexity index is 1800. The summed E-state index contributed by atoms with van der Waals surface area (Å²) in [5, 5.41) is 2.99. The van der Waals surface area contributed by atoms with Crippen LogP contribution < -0.4 is 15.2 Å². The second-order valence-electron chi connectivity index (χ2n) is 17.1. The number of rotatable bonds is 18. The van der Waals surface area contributed by atoms with Crippen molar-refractivity contribution in [1.29, 1.82) is 0 Å². The van der Waals surface area contributed by atoms with Gasteiger partial charge in [-0.3, -0.25) is 4.98 Å². The maximum absolute atomic E-state index is 12.2. The topological polar surface area (TPSA) is 152 Å². The number of hydrogen-bond acceptors (Lipinski definition) is 10. The van der Waals surface area contributed by atoms with Crippen LogP contribution in [0.2, 0.25) is 13.3 Å². The second kappa shape index (κ2) is 26.7. The molecular formula is C46H75F3N4O7SSn. The van der Waals surface area contributed by atoms with Gasteiger partial charge in [-0.2, -0.15) is 21.6 Å². The van der Waals surface area contributed by atoms with E-state index in [0.717, 1.165) is 68.4 Å². The number of carbonyl (C=O) groups excluding carboxylic acids is 1. The summed E-state index contributed by atoms with van der Waals surface area (Å²) in [5.41, 5.74) is 4.35. The van der Waals surface area contributed by atoms with Gasteiger partial charge in [0.05, 0.1) is 12.6 Å². The normalized spacial score (nSPS) is 16.6. The van der Waals surface area contributed by atoms with Gasteiger partial charge < -0.3 is 24.7 Å². The molecule has 1 amide bonds. The SMILES string of the molecule is C=C(OCC)c1cc2c(cn1)C(NC(=O)OC(C)(C)C)CCCC2.C=[C](OCC)[Sn]([CH2]CCC)([CH2]CCC)[CH2]CCC.NC1CCCCc2cc(OS(=O)(=O)C(F)(F)F)ncc21. The van der Waals surface area contributed by atoms with Gasteiger partial charge in [0.1, 0.15) is 17.1 Å². The number of nitrogens with zero attached hydrogens (tertiary/aromatic N) is 2. The number of pyridine rings is 2. The first-order valence-corrected chi connectivity index (χ1v) is 31.4. The molecule has 4 rings (SSSR count). The van der Waals surface area contributed by atoms with E-state index in [4.69, 9.17) is 19.9 Å². The smallest absolute Gasteiger partial charge is 0.355 e. The minimum Gasteiger partial charge on any atom is -0.355 e. The van der Waals surface area contributed by atoms with Crippen LogP contribution in [0.15, 0.2) is 41.5 Å². The Morgan fingerprint density at radius 2 is 1.35 bits per heavy atom. The fourth-order valence-electron chi connectivity index (χ4n) is 7.60. The van der Waals surface area contributed by atoms with E-state index >= 15 is 0 Å². The van der Waals surface area contributed by atoms with Crippen molar-refractivity contribution in [2.24, 2.45) is 5.73 Å². The van der Waals surface area contributed by atoms with Crippen LogP contribution in [0.4, 0.5) is 18.0 Å². The standard InChI is InChI=1S/C19H28N2O3.C11H13F3N2O3S.C4H7O.3C4H9.Sn/c1-6-23-13(2)17-11-14-9-7-8-10-16(15(14)12-20-17)21-18(22)24-19(3,4)5;12-11(13,14)20(17,18)19-10-5-7-3-1-2-4-9(15)8(7)6-16-10;1-3-5-4-2;3*1-3-4-2;/h11-12,16H,2,6-10H2,1,3-5H3,(H,21,22);5-6,9H,1-4,15H2;1,4H2,2H3;3*1,3-4H2,2H3;. The van der Waals surface area contributed by atoms with Gasteiger partial charge in [-0.15, -0.1) is 0 Å². The first-order valence-electron chi connectivity index (χ1n) is 22.5. The first kappa shape index (κ1) is 55.1. The zero-order valence-corrected chi connectivity index (χ0v) is 42.4. The van der Waals surface area contributed by atoms with E-state index in [2.05, 4.69) is 60.3 Å². The molecule has 11 nitrogen and oxygen atoms in total. The summed E-state index contributed by atoms with van der Waals surface area (Å²) >= 11 is -2.24. The molecule has 16 heteroatoms. The zero-order chi connectivity index (χ0) is 46.6. The minimum atomic E-state index is -5.69. The van der Waals surface area contributed by atoms with E-state index in [0.29, 0.717) is 24.4 Å². The number of hydrogen-bond donors (Lipinski definition) is 2. The fourth-order valence-corrected chi connectivity index (χ4v) is 22.6. The summed E-state index contributed by atoms with van der Waals surface area (Å²) in [6.45, 7) is 26.2. The zero-order valence-electron chi connectivity index (χ0n) is 38.7. The Hall–Kier alpha value is -3.05. The fraction of sp³-hybridized carbons (Fsp3) is 0.674. The Morgan fingerprint density at radius 1 is 0.823 bits per heavy atom. The molecule has 2 heterocycles. The molecule has 0 saturated carbocycles. The van der Waals surface area contributed by atoms with Crippen molar-refractivity contribution in [2.75, 3.05) is 13.2 Å². The molecule has 0 aromatic carbocycles. The molecule has 0 bridgehead atoms. The summed E-state index contributed by atoms with van der Waals surface area (Å²) in [5.74, 6) is -0.00336. The van der Waals surface area contributed by atoms with Gasteiger partial charge in [0.2, 0.25) is 5.88 Å². The Kier molecular flexibility index (Phi) is 23.7. The number of aryl methyl sites for hydroxylation is 2. The van der Waals surface area contributed by atoms with Crippen LogP contribution in [0, 0.1) is 0 Å². The molecule has 352 valence electrons. The largest absolute Gasteiger partial charge is 0.534 e. The Balaban J connectivity index is 0.000000324. The molecule has 2 aromatic heterocycles. The van der Waals surface area contributed by atoms with Crippen molar-refractivity contribution < 1.29 is 44.8 Å². The van der Waals surface area contributed by atoms with E-state index in [1.54, 1.807) is 0 Å². The van der Waals surface area contributed by atoms with Crippen molar-refractivity contribution in [3.8, 4) is 5.88 Å². The number of unbranched alkanes of at least 4 members (excludes halogenated alkanes) is 3. The van der Waals surface area contributed by atoms with Crippen molar-refractivity contribution in [3.63, 3.8) is 0 Å². The number of aromatic nitrogens is 2. The molecule has 3 N–H and O–H groups in total.